The molecule has 0 radical (unpaired) electrons. The van der Waals surface area contributed by atoms with Crippen molar-refractivity contribution in [3.05, 3.63) is 30.5 Å². The van der Waals surface area contributed by atoms with Gasteiger partial charge in [-0.3, -0.25) is 0 Å². The molecule has 0 saturated heterocycles. The fraction of sp³-hybridized carbons (Fsp3) is 0.250. The quantitative estimate of drug-likeness (QED) is 0.843. The zero-order valence-corrected chi connectivity index (χ0v) is 10.1. The van der Waals surface area contributed by atoms with Crippen molar-refractivity contribution >= 4 is 11.7 Å². The lowest BCUT2D eigenvalue weighted by molar-refractivity contribution is 0.255. The highest BCUT2D eigenvalue weighted by Gasteiger charge is 2.07. The minimum absolute atomic E-state index is 0.338. The molecule has 0 aliphatic carbocycles. The third kappa shape index (κ3) is 3.71. The maximum atomic E-state index is 11.5. The van der Waals surface area contributed by atoms with Gasteiger partial charge in [0.1, 0.15) is 11.5 Å². The van der Waals surface area contributed by atoms with Crippen LogP contribution in [0.1, 0.15) is 6.92 Å². The Balaban J connectivity index is 2.83. The molecule has 2 N–H and O–H groups in total. The van der Waals surface area contributed by atoms with Crippen LogP contribution in [0.25, 0.3) is 0 Å². The number of hydrogen-bond donors (Lipinski definition) is 2. The second-order valence-electron chi connectivity index (χ2n) is 3.16. The minimum Gasteiger partial charge on any atom is -0.497 e. The molecule has 0 spiro atoms. The second kappa shape index (κ2) is 6.42. The molecule has 0 aliphatic rings. The van der Waals surface area contributed by atoms with E-state index in [0.29, 0.717) is 17.2 Å². The maximum absolute atomic E-state index is 11.5. The van der Waals surface area contributed by atoms with Gasteiger partial charge in [0.15, 0.2) is 0 Å². The Bertz CT molecular complexity index is 416. The number of rotatable bonds is 4. The Labute approximate surface area is 100 Å². The zero-order chi connectivity index (χ0) is 12.7. The van der Waals surface area contributed by atoms with Crippen LogP contribution in [0.5, 0.6) is 11.5 Å². The smallest absolute Gasteiger partial charge is 0.323 e. The van der Waals surface area contributed by atoms with Crippen LogP contribution >= 0.6 is 0 Å². The number of benzene rings is 1. The van der Waals surface area contributed by atoms with Gasteiger partial charge in [0.05, 0.1) is 19.9 Å². The van der Waals surface area contributed by atoms with Crippen LogP contribution in [-0.4, -0.2) is 20.3 Å². The number of allylic oxidation sites excluding steroid dienone is 1. The first-order valence-corrected chi connectivity index (χ1v) is 5.12. The number of ether oxygens (including phenoxy) is 2. The van der Waals surface area contributed by atoms with Gasteiger partial charge in [0.25, 0.3) is 0 Å². The molecule has 5 nitrogen and oxygen atoms in total. The maximum Gasteiger partial charge on any atom is 0.323 e. The number of carbonyl (C=O) groups excluding carboxylic acids is 1. The Morgan fingerprint density at radius 2 is 2.06 bits per heavy atom. The molecule has 0 bridgehead atoms. The zero-order valence-electron chi connectivity index (χ0n) is 10.1. The SMILES string of the molecule is C/C=C/NC(=O)Nc1cc(OC)ccc1OC. The van der Waals surface area contributed by atoms with Crippen molar-refractivity contribution in [3.8, 4) is 11.5 Å². The van der Waals surface area contributed by atoms with E-state index in [1.807, 2.05) is 6.92 Å². The van der Waals surface area contributed by atoms with Crippen LogP contribution in [0.3, 0.4) is 0 Å². The molecule has 5 heteroatoms. The van der Waals surface area contributed by atoms with Gasteiger partial charge in [0, 0.05) is 12.3 Å². The van der Waals surface area contributed by atoms with Crippen molar-refractivity contribution in [3.63, 3.8) is 0 Å². The molecule has 0 saturated carbocycles. The van der Waals surface area contributed by atoms with E-state index in [4.69, 9.17) is 9.47 Å². The first-order chi connectivity index (χ1) is 8.21. The number of nitrogens with one attached hydrogen (secondary N) is 2. The van der Waals surface area contributed by atoms with E-state index in [1.54, 1.807) is 37.6 Å². The molecule has 1 rings (SSSR count). The number of carbonyl (C=O) groups is 1. The summed E-state index contributed by atoms with van der Waals surface area (Å²) in [6.45, 7) is 1.81. The molecule has 0 unspecified atom stereocenters. The Kier molecular flexibility index (Phi) is 4.87. The predicted octanol–water partition coefficient (Wildman–Crippen LogP) is 2.36. The van der Waals surface area contributed by atoms with Gasteiger partial charge >= 0.3 is 6.03 Å². The normalized spacial score (nSPS) is 10.1. The molecule has 0 aliphatic heterocycles. The molecule has 0 heterocycles. The summed E-state index contributed by atoms with van der Waals surface area (Å²) in [5.74, 6) is 1.22. The number of urea groups is 1. The van der Waals surface area contributed by atoms with Crippen molar-refractivity contribution < 1.29 is 14.3 Å². The van der Waals surface area contributed by atoms with E-state index in [-0.39, 0.29) is 6.03 Å². The topological polar surface area (TPSA) is 59.6 Å². The summed E-state index contributed by atoms with van der Waals surface area (Å²) < 4.78 is 10.2. The minimum atomic E-state index is -0.338. The fourth-order valence-electron chi connectivity index (χ4n) is 1.23. The molecule has 0 aromatic heterocycles. The molecule has 1 aromatic carbocycles. The van der Waals surface area contributed by atoms with Crippen LogP contribution in [-0.2, 0) is 0 Å². The Morgan fingerprint density at radius 1 is 1.29 bits per heavy atom. The highest BCUT2D eigenvalue weighted by molar-refractivity contribution is 5.91. The van der Waals surface area contributed by atoms with Crippen LogP contribution in [0.2, 0.25) is 0 Å². The summed E-state index contributed by atoms with van der Waals surface area (Å²) in [5.41, 5.74) is 0.550. The first-order valence-electron chi connectivity index (χ1n) is 5.12. The first kappa shape index (κ1) is 12.9. The molecule has 0 fully saturated rings. The number of hydrogen-bond acceptors (Lipinski definition) is 3. The summed E-state index contributed by atoms with van der Waals surface area (Å²) in [5, 5.41) is 5.21. The highest BCUT2D eigenvalue weighted by Crippen LogP contribution is 2.28. The standard InChI is InChI=1S/C12H16N2O3/c1-4-7-13-12(15)14-10-8-9(16-2)5-6-11(10)17-3/h4-8H,1-3H3,(H2,13,14,15)/b7-4+. The molecule has 1 aromatic rings. The monoisotopic (exact) mass is 236 g/mol. The molecule has 92 valence electrons. The Hall–Kier alpha value is -2.17. The van der Waals surface area contributed by atoms with Gasteiger partial charge < -0.3 is 20.1 Å². The number of amides is 2. The average molecular weight is 236 g/mol. The lowest BCUT2D eigenvalue weighted by Gasteiger charge is -2.11. The third-order valence-corrected chi connectivity index (χ3v) is 2.04. The lowest BCUT2D eigenvalue weighted by atomic mass is 10.2. The van der Waals surface area contributed by atoms with Crippen molar-refractivity contribution in [2.45, 2.75) is 6.92 Å². The van der Waals surface area contributed by atoms with Gasteiger partial charge in [-0.25, -0.2) is 4.79 Å². The molecular formula is C12H16N2O3. The number of methoxy groups -OCH3 is 2. The summed E-state index contributed by atoms with van der Waals surface area (Å²) >= 11 is 0. The molecule has 2 amide bonds. The van der Waals surface area contributed by atoms with Crippen molar-refractivity contribution in [2.24, 2.45) is 0 Å². The highest BCUT2D eigenvalue weighted by atomic mass is 16.5. The third-order valence-electron chi connectivity index (χ3n) is 2.04. The summed E-state index contributed by atoms with van der Waals surface area (Å²) in [4.78, 5) is 11.5. The van der Waals surface area contributed by atoms with Gasteiger partial charge in [-0.05, 0) is 19.1 Å². The van der Waals surface area contributed by atoms with E-state index >= 15 is 0 Å². The predicted molar refractivity (Wildman–Crippen MR) is 66.5 cm³/mol. The second-order valence-corrected chi connectivity index (χ2v) is 3.16. The number of anilines is 1. The van der Waals surface area contributed by atoms with E-state index in [9.17, 15) is 4.79 Å². The van der Waals surface area contributed by atoms with Crippen LogP contribution < -0.4 is 20.1 Å². The van der Waals surface area contributed by atoms with Crippen molar-refractivity contribution in [1.82, 2.24) is 5.32 Å². The van der Waals surface area contributed by atoms with Crippen LogP contribution in [0, 0.1) is 0 Å². The fourth-order valence-corrected chi connectivity index (χ4v) is 1.23. The van der Waals surface area contributed by atoms with Gasteiger partial charge in [0.2, 0.25) is 0 Å². The van der Waals surface area contributed by atoms with Crippen LogP contribution in [0.4, 0.5) is 10.5 Å². The van der Waals surface area contributed by atoms with Gasteiger partial charge in [-0.15, -0.1) is 0 Å². The van der Waals surface area contributed by atoms with Crippen molar-refractivity contribution in [1.29, 1.82) is 0 Å². The largest absolute Gasteiger partial charge is 0.497 e. The summed E-state index contributed by atoms with van der Waals surface area (Å²) in [7, 11) is 3.10. The molecular weight excluding hydrogens is 220 g/mol. The van der Waals surface area contributed by atoms with E-state index in [1.165, 1.54) is 7.11 Å². The van der Waals surface area contributed by atoms with Crippen molar-refractivity contribution in [2.75, 3.05) is 19.5 Å². The summed E-state index contributed by atoms with van der Waals surface area (Å²) in [6.07, 6.45) is 3.27. The van der Waals surface area contributed by atoms with Crippen LogP contribution in [0.15, 0.2) is 30.5 Å². The molecule has 0 atom stereocenters. The van der Waals surface area contributed by atoms with Gasteiger partial charge in [-0.1, -0.05) is 6.08 Å². The van der Waals surface area contributed by atoms with Gasteiger partial charge in [-0.2, -0.15) is 0 Å². The lowest BCUT2D eigenvalue weighted by Crippen LogP contribution is -2.24. The van der Waals surface area contributed by atoms with E-state index in [0.717, 1.165) is 0 Å². The Morgan fingerprint density at radius 3 is 2.65 bits per heavy atom. The van der Waals surface area contributed by atoms with E-state index < -0.39 is 0 Å². The van der Waals surface area contributed by atoms with E-state index in [2.05, 4.69) is 10.6 Å². The summed E-state index contributed by atoms with van der Waals surface area (Å²) in [6, 6.07) is 4.83. The average Bonchev–Trinajstić information content (AvgIpc) is 2.36. The molecule has 17 heavy (non-hydrogen) atoms.